The van der Waals surface area contributed by atoms with Gasteiger partial charge in [-0.2, -0.15) is 0 Å². The Morgan fingerprint density at radius 2 is 2.35 bits per heavy atom. The van der Waals surface area contributed by atoms with Gasteiger partial charge in [-0.25, -0.2) is 9.97 Å². The summed E-state index contributed by atoms with van der Waals surface area (Å²) in [5.74, 6) is 0.375. The number of anilines is 2. The van der Waals surface area contributed by atoms with Crippen molar-refractivity contribution in [3.05, 3.63) is 34.5 Å². The summed E-state index contributed by atoms with van der Waals surface area (Å²) < 4.78 is 4.83. The summed E-state index contributed by atoms with van der Waals surface area (Å²) in [7, 11) is 0. The Labute approximate surface area is 94.8 Å². The van der Waals surface area contributed by atoms with Gasteiger partial charge in [0.15, 0.2) is 5.76 Å². The SMILES string of the molecule is Nc1ncnc(NCc2ccno2)c1[N+](=O)[O-]. The summed E-state index contributed by atoms with van der Waals surface area (Å²) in [4.78, 5) is 17.4. The topological polar surface area (TPSA) is 133 Å². The predicted molar refractivity (Wildman–Crippen MR) is 56.9 cm³/mol. The first-order valence-corrected chi connectivity index (χ1v) is 4.57. The number of nitrogens with zero attached hydrogens (tertiary/aromatic N) is 4. The van der Waals surface area contributed by atoms with E-state index in [0.717, 1.165) is 6.33 Å². The minimum absolute atomic E-state index is 0.0406. The Morgan fingerprint density at radius 1 is 1.53 bits per heavy atom. The second-order valence-corrected chi connectivity index (χ2v) is 3.05. The summed E-state index contributed by atoms with van der Waals surface area (Å²) in [6.45, 7) is 0.220. The molecule has 2 rings (SSSR count). The second kappa shape index (κ2) is 4.43. The van der Waals surface area contributed by atoms with Gasteiger partial charge in [-0.15, -0.1) is 0 Å². The van der Waals surface area contributed by atoms with Crippen molar-refractivity contribution in [3.8, 4) is 0 Å². The predicted octanol–water partition coefficient (Wildman–Crippen LogP) is 0.567. The molecule has 0 saturated carbocycles. The first-order chi connectivity index (χ1) is 8.18. The van der Waals surface area contributed by atoms with Gasteiger partial charge in [-0.3, -0.25) is 10.1 Å². The Kier molecular flexibility index (Phi) is 2.81. The van der Waals surface area contributed by atoms with Gasteiger partial charge >= 0.3 is 5.69 Å². The van der Waals surface area contributed by atoms with Gasteiger partial charge in [-0.1, -0.05) is 5.16 Å². The molecule has 17 heavy (non-hydrogen) atoms. The van der Waals surface area contributed by atoms with Gasteiger partial charge in [0.25, 0.3) is 0 Å². The van der Waals surface area contributed by atoms with E-state index >= 15 is 0 Å². The Morgan fingerprint density at radius 3 is 3.00 bits per heavy atom. The molecule has 0 aliphatic rings. The zero-order chi connectivity index (χ0) is 12.3. The third-order valence-electron chi connectivity index (χ3n) is 1.95. The lowest BCUT2D eigenvalue weighted by Gasteiger charge is -2.04. The van der Waals surface area contributed by atoms with Crippen LogP contribution in [0.25, 0.3) is 0 Å². The fraction of sp³-hybridized carbons (Fsp3) is 0.125. The van der Waals surface area contributed by atoms with E-state index in [1.807, 2.05) is 0 Å². The van der Waals surface area contributed by atoms with E-state index in [1.165, 1.54) is 6.20 Å². The van der Waals surface area contributed by atoms with Crippen molar-refractivity contribution in [1.29, 1.82) is 0 Å². The summed E-state index contributed by atoms with van der Waals surface area (Å²) in [6, 6.07) is 1.63. The highest BCUT2D eigenvalue weighted by Crippen LogP contribution is 2.26. The van der Waals surface area contributed by atoms with Crippen LogP contribution in [0.15, 0.2) is 23.1 Å². The summed E-state index contributed by atoms with van der Waals surface area (Å²) >= 11 is 0. The van der Waals surface area contributed by atoms with Gasteiger partial charge < -0.3 is 15.6 Å². The van der Waals surface area contributed by atoms with E-state index in [-0.39, 0.29) is 23.9 Å². The summed E-state index contributed by atoms with van der Waals surface area (Å²) in [5.41, 5.74) is 5.05. The molecular weight excluding hydrogens is 228 g/mol. The molecule has 0 atom stereocenters. The number of aromatic nitrogens is 3. The summed E-state index contributed by atoms with van der Waals surface area (Å²) in [5, 5.41) is 17.0. The molecule has 0 radical (unpaired) electrons. The minimum Gasteiger partial charge on any atom is -0.378 e. The molecule has 9 heteroatoms. The van der Waals surface area contributed by atoms with Gasteiger partial charge in [0, 0.05) is 6.07 Å². The van der Waals surface area contributed by atoms with Crippen molar-refractivity contribution >= 4 is 17.3 Å². The zero-order valence-corrected chi connectivity index (χ0v) is 8.53. The van der Waals surface area contributed by atoms with Gasteiger partial charge in [-0.05, 0) is 0 Å². The van der Waals surface area contributed by atoms with E-state index in [2.05, 4.69) is 20.4 Å². The molecule has 0 aliphatic heterocycles. The fourth-order valence-electron chi connectivity index (χ4n) is 1.21. The highest BCUT2D eigenvalue weighted by Gasteiger charge is 2.20. The highest BCUT2D eigenvalue weighted by atomic mass is 16.6. The lowest BCUT2D eigenvalue weighted by molar-refractivity contribution is -0.383. The van der Waals surface area contributed by atoms with Crippen LogP contribution in [0.1, 0.15) is 5.76 Å². The maximum atomic E-state index is 10.8. The molecule has 0 saturated heterocycles. The van der Waals surface area contributed by atoms with Crippen LogP contribution in [-0.4, -0.2) is 20.0 Å². The van der Waals surface area contributed by atoms with Crippen LogP contribution in [0.3, 0.4) is 0 Å². The van der Waals surface area contributed by atoms with E-state index in [1.54, 1.807) is 6.07 Å². The number of nitrogen functional groups attached to an aromatic ring is 1. The molecule has 2 aromatic heterocycles. The van der Waals surface area contributed by atoms with E-state index in [0.29, 0.717) is 5.76 Å². The molecule has 2 aromatic rings. The van der Waals surface area contributed by atoms with Crippen LogP contribution >= 0.6 is 0 Å². The normalized spacial score (nSPS) is 10.1. The maximum Gasteiger partial charge on any atom is 0.352 e. The Balaban J connectivity index is 2.21. The number of hydrogen-bond donors (Lipinski definition) is 2. The largest absolute Gasteiger partial charge is 0.378 e. The molecule has 0 unspecified atom stereocenters. The number of hydrogen-bond acceptors (Lipinski definition) is 8. The van der Waals surface area contributed by atoms with Crippen molar-refractivity contribution in [2.24, 2.45) is 0 Å². The molecule has 0 fully saturated rings. The molecule has 2 heterocycles. The average Bonchev–Trinajstić information content (AvgIpc) is 2.78. The van der Waals surface area contributed by atoms with Crippen LogP contribution in [-0.2, 0) is 6.54 Å². The van der Waals surface area contributed by atoms with Crippen molar-refractivity contribution in [2.75, 3.05) is 11.1 Å². The lowest BCUT2D eigenvalue weighted by atomic mass is 10.4. The van der Waals surface area contributed by atoms with Crippen molar-refractivity contribution in [1.82, 2.24) is 15.1 Å². The molecule has 0 bridgehead atoms. The number of rotatable bonds is 4. The fourth-order valence-corrected chi connectivity index (χ4v) is 1.21. The highest BCUT2D eigenvalue weighted by molar-refractivity contribution is 5.67. The molecule has 0 aliphatic carbocycles. The first-order valence-electron chi connectivity index (χ1n) is 4.57. The van der Waals surface area contributed by atoms with Crippen molar-refractivity contribution in [2.45, 2.75) is 6.54 Å². The van der Waals surface area contributed by atoms with E-state index in [4.69, 9.17) is 10.3 Å². The monoisotopic (exact) mass is 236 g/mol. The Bertz CT molecular complexity index is 526. The number of nitrogens with two attached hydrogens (primary N) is 1. The van der Waals surface area contributed by atoms with E-state index < -0.39 is 4.92 Å². The van der Waals surface area contributed by atoms with Crippen LogP contribution in [0.2, 0.25) is 0 Å². The number of nitro groups is 1. The van der Waals surface area contributed by atoms with Gasteiger partial charge in [0.1, 0.15) is 6.33 Å². The van der Waals surface area contributed by atoms with Crippen LogP contribution < -0.4 is 11.1 Å². The molecule has 0 spiro atoms. The third-order valence-corrected chi connectivity index (χ3v) is 1.95. The molecule has 0 aromatic carbocycles. The van der Waals surface area contributed by atoms with Crippen LogP contribution in [0.5, 0.6) is 0 Å². The van der Waals surface area contributed by atoms with E-state index in [9.17, 15) is 10.1 Å². The standard InChI is InChI=1S/C8H8N6O3/c9-7-6(14(15)16)8(12-4-11-7)10-3-5-1-2-13-17-5/h1-2,4H,3H2,(H3,9,10,11,12). The summed E-state index contributed by atoms with van der Waals surface area (Å²) in [6.07, 6.45) is 2.62. The second-order valence-electron chi connectivity index (χ2n) is 3.05. The smallest absolute Gasteiger partial charge is 0.352 e. The Hall–Kier alpha value is -2.71. The van der Waals surface area contributed by atoms with Gasteiger partial charge in [0.2, 0.25) is 11.6 Å². The quantitative estimate of drug-likeness (QED) is 0.581. The average molecular weight is 236 g/mol. The molecular formula is C8H8N6O3. The van der Waals surface area contributed by atoms with Crippen molar-refractivity contribution in [3.63, 3.8) is 0 Å². The maximum absolute atomic E-state index is 10.8. The third kappa shape index (κ3) is 2.27. The zero-order valence-electron chi connectivity index (χ0n) is 8.53. The lowest BCUT2D eigenvalue weighted by Crippen LogP contribution is -2.07. The van der Waals surface area contributed by atoms with Crippen LogP contribution in [0.4, 0.5) is 17.3 Å². The number of nitrogens with one attached hydrogen (secondary N) is 1. The van der Waals surface area contributed by atoms with Gasteiger partial charge in [0.05, 0.1) is 17.7 Å². The minimum atomic E-state index is -0.641. The van der Waals surface area contributed by atoms with Crippen molar-refractivity contribution < 1.29 is 9.45 Å². The molecule has 3 N–H and O–H groups in total. The molecule has 0 amide bonds. The molecule has 88 valence electrons. The van der Waals surface area contributed by atoms with Crippen LogP contribution in [0, 0.1) is 10.1 Å². The molecule has 9 nitrogen and oxygen atoms in total. The first kappa shape index (κ1) is 10.8.